The van der Waals surface area contributed by atoms with Crippen LogP contribution in [0.15, 0.2) is 42.5 Å². The van der Waals surface area contributed by atoms with Crippen LogP contribution in [0.25, 0.3) is 0 Å². The molecule has 8 nitrogen and oxygen atoms in total. The minimum atomic E-state index is -2.42. The van der Waals surface area contributed by atoms with E-state index in [1.165, 1.54) is 5.56 Å². The second-order valence-electron chi connectivity index (χ2n) is 12.0. The van der Waals surface area contributed by atoms with Crippen molar-refractivity contribution in [2.45, 2.75) is 89.3 Å². The number of unbranched alkanes of at least 4 members (excludes halogenated alkanes) is 1. The van der Waals surface area contributed by atoms with Gasteiger partial charge in [0.1, 0.15) is 5.75 Å². The van der Waals surface area contributed by atoms with Gasteiger partial charge >= 0.3 is 0 Å². The van der Waals surface area contributed by atoms with Crippen LogP contribution in [-0.4, -0.2) is 73.8 Å². The van der Waals surface area contributed by atoms with Crippen molar-refractivity contribution in [2.24, 2.45) is 5.92 Å². The van der Waals surface area contributed by atoms with E-state index >= 15 is 0 Å². The summed E-state index contributed by atoms with van der Waals surface area (Å²) in [5.41, 5.74) is 4.05. The van der Waals surface area contributed by atoms with Crippen LogP contribution >= 0.6 is 0 Å². The van der Waals surface area contributed by atoms with Gasteiger partial charge in [-0.1, -0.05) is 19.1 Å². The molecule has 1 amide bonds. The van der Waals surface area contributed by atoms with Gasteiger partial charge in [0.05, 0.1) is 30.5 Å². The predicted molar refractivity (Wildman–Crippen MR) is 164 cm³/mol. The highest BCUT2D eigenvalue weighted by molar-refractivity contribution is 6.71. The van der Waals surface area contributed by atoms with Crippen molar-refractivity contribution in [3.8, 4) is 5.75 Å². The van der Waals surface area contributed by atoms with Gasteiger partial charge in [-0.2, -0.15) is 0 Å². The maximum absolute atomic E-state index is 13.7. The number of nitrogens with zero attached hydrogens (tertiary/aromatic N) is 1. The number of amides is 1. The largest absolute Gasteiger partial charge is 0.494 e. The van der Waals surface area contributed by atoms with Gasteiger partial charge in [-0.15, -0.1) is 0 Å². The quantitative estimate of drug-likeness (QED) is 0.193. The Balaban J connectivity index is 1.48. The van der Waals surface area contributed by atoms with Gasteiger partial charge in [0.15, 0.2) is 8.32 Å². The van der Waals surface area contributed by atoms with E-state index in [0.29, 0.717) is 32.4 Å². The normalized spacial score (nSPS) is 24.5. The molecular formula is C32H48N2O6Si. The highest BCUT2D eigenvalue weighted by Crippen LogP contribution is 2.45. The molecule has 226 valence electrons. The molecule has 2 aliphatic heterocycles. The Morgan fingerprint density at radius 3 is 2.46 bits per heavy atom. The van der Waals surface area contributed by atoms with E-state index in [9.17, 15) is 14.7 Å². The zero-order valence-electron chi connectivity index (χ0n) is 25.0. The van der Waals surface area contributed by atoms with Crippen LogP contribution in [0.5, 0.6) is 5.75 Å². The number of rotatable bonds is 14. The molecule has 4 N–H and O–H groups in total. The molecule has 5 atom stereocenters. The molecule has 0 radical (unpaired) electrons. The van der Waals surface area contributed by atoms with Gasteiger partial charge in [-0.05, 0) is 112 Å². The third-order valence-corrected chi connectivity index (χ3v) is 11.1. The fourth-order valence-corrected chi connectivity index (χ4v) is 9.30. The lowest BCUT2D eigenvalue weighted by Crippen LogP contribution is -2.49. The Morgan fingerprint density at radius 1 is 1.05 bits per heavy atom. The number of fused-ring (bicyclic) bond motifs is 1. The van der Waals surface area contributed by atoms with Crippen LogP contribution in [0.3, 0.4) is 0 Å². The number of aliphatic hydroxyl groups excluding tert-OH is 2. The second-order valence-corrected chi connectivity index (χ2v) is 16.0. The molecule has 4 rings (SSSR count). The van der Waals surface area contributed by atoms with Gasteiger partial charge in [0.2, 0.25) is 5.91 Å². The summed E-state index contributed by atoms with van der Waals surface area (Å²) in [6.45, 7) is 9.54. The summed E-state index contributed by atoms with van der Waals surface area (Å²) in [4.78, 5) is 26.4. The molecule has 9 heteroatoms. The van der Waals surface area contributed by atoms with E-state index in [1.807, 2.05) is 55.2 Å². The molecule has 2 aromatic rings. The molecule has 2 heterocycles. The van der Waals surface area contributed by atoms with Crippen molar-refractivity contribution in [1.82, 2.24) is 5.32 Å². The maximum Gasteiger partial charge on any atom is 0.249 e. The second kappa shape index (κ2) is 14.3. The number of carbonyl (C=O) groups is 1. The molecule has 0 spiro atoms. The summed E-state index contributed by atoms with van der Waals surface area (Å²) in [5, 5.41) is 22.1. The molecule has 0 bridgehead atoms. The fourth-order valence-electron chi connectivity index (χ4n) is 6.65. The summed E-state index contributed by atoms with van der Waals surface area (Å²) in [7, 11) is -2.42. The zero-order valence-corrected chi connectivity index (χ0v) is 26.0. The van der Waals surface area contributed by atoms with Crippen LogP contribution in [0.1, 0.15) is 50.7 Å². The van der Waals surface area contributed by atoms with E-state index in [4.69, 9.17) is 14.6 Å². The first-order chi connectivity index (χ1) is 19.7. The minimum Gasteiger partial charge on any atom is -0.494 e. The molecule has 1 unspecified atom stereocenters. The van der Waals surface area contributed by atoms with Crippen LogP contribution in [0.2, 0.25) is 18.6 Å². The third kappa shape index (κ3) is 7.58. The van der Waals surface area contributed by atoms with Crippen molar-refractivity contribution in [3.05, 3.63) is 53.6 Å². The first-order valence-corrected chi connectivity index (χ1v) is 18.2. The van der Waals surface area contributed by atoms with E-state index in [2.05, 4.69) is 24.4 Å². The highest BCUT2D eigenvalue weighted by Gasteiger charge is 2.49. The summed E-state index contributed by atoms with van der Waals surface area (Å²) < 4.78 is 12.1. The van der Waals surface area contributed by atoms with Crippen LogP contribution < -0.4 is 15.0 Å². The fraction of sp³-hybridized carbons (Fsp3) is 0.594. The Kier molecular flexibility index (Phi) is 11.0. The van der Waals surface area contributed by atoms with Crippen molar-refractivity contribution < 1.29 is 29.3 Å². The molecule has 0 aliphatic carbocycles. The predicted octanol–water partition coefficient (Wildman–Crippen LogP) is 4.32. The average Bonchev–Trinajstić information content (AvgIpc) is 3.26. The monoisotopic (exact) mass is 584 g/mol. The van der Waals surface area contributed by atoms with Crippen molar-refractivity contribution in [1.29, 1.82) is 0 Å². The standard InChI is InChI=1S/C32H48N2O6Si/c1-5-39-26-13-14-28-24(20-26)21-27(33-17-6-7-18-35)32(37)34(28)25-11-8-23(9-12-25)10-15-29-22(2)31(41(3,4)38)30(40-29)16-19-36/h8-9,11-14,20,22,27,29-31,33,35-36,38H,5-7,10,15-19,21H2,1-4H3/t22-,27?,29+,30-,31+/m1/s1. The highest BCUT2D eigenvalue weighted by atomic mass is 28.4. The summed E-state index contributed by atoms with van der Waals surface area (Å²) in [6, 6.07) is 13.8. The van der Waals surface area contributed by atoms with Crippen molar-refractivity contribution >= 4 is 25.6 Å². The van der Waals surface area contributed by atoms with Crippen LogP contribution in [-0.2, 0) is 22.4 Å². The topological polar surface area (TPSA) is 111 Å². The van der Waals surface area contributed by atoms with Gasteiger partial charge in [0, 0.05) is 24.4 Å². The number of anilines is 2. The number of ether oxygens (including phenoxy) is 2. The first kappa shape index (κ1) is 31.7. The molecule has 1 saturated heterocycles. The van der Waals surface area contributed by atoms with E-state index < -0.39 is 8.32 Å². The zero-order chi connectivity index (χ0) is 29.6. The average molecular weight is 585 g/mol. The van der Waals surface area contributed by atoms with Crippen molar-refractivity contribution in [3.63, 3.8) is 0 Å². The molecule has 0 aromatic heterocycles. The Bertz CT molecular complexity index is 1140. The lowest BCUT2D eigenvalue weighted by Gasteiger charge is -2.35. The minimum absolute atomic E-state index is 0.0170. The summed E-state index contributed by atoms with van der Waals surface area (Å²) in [6.07, 6.45) is 4.30. The molecule has 2 aliphatic rings. The van der Waals surface area contributed by atoms with Gasteiger partial charge in [-0.25, -0.2) is 0 Å². The Morgan fingerprint density at radius 2 is 1.80 bits per heavy atom. The van der Waals surface area contributed by atoms with Gasteiger partial charge in [-0.3, -0.25) is 9.69 Å². The molecule has 0 saturated carbocycles. The van der Waals surface area contributed by atoms with Gasteiger partial charge < -0.3 is 29.8 Å². The molecular weight excluding hydrogens is 536 g/mol. The molecule has 1 fully saturated rings. The lowest BCUT2D eigenvalue weighted by atomic mass is 9.94. The molecule has 2 aromatic carbocycles. The van der Waals surface area contributed by atoms with Crippen molar-refractivity contribution in [2.75, 3.05) is 31.3 Å². The number of nitrogens with one attached hydrogen (secondary N) is 1. The maximum atomic E-state index is 13.7. The third-order valence-electron chi connectivity index (χ3n) is 8.57. The molecule has 41 heavy (non-hydrogen) atoms. The number of aliphatic hydroxyl groups is 2. The van der Waals surface area contributed by atoms with Gasteiger partial charge in [0.25, 0.3) is 0 Å². The smallest absolute Gasteiger partial charge is 0.249 e. The number of aryl methyl sites for hydroxylation is 1. The lowest BCUT2D eigenvalue weighted by molar-refractivity contribution is -0.120. The SMILES string of the molecule is CCOc1ccc2c(c1)CC(NCCCCO)C(=O)N2c1ccc(CC[C@@H]2O[C@H](CCO)[C@@H]([Si](C)(C)O)[C@@H]2C)cc1. The van der Waals surface area contributed by atoms with E-state index in [0.717, 1.165) is 42.0 Å². The van der Waals surface area contributed by atoms with E-state index in [-0.39, 0.29) is 48.8 Å². The number of benzene rings is 2. The van der Waals surface area contributed by atoms with E-state index in [1.54, 1.807) is 0 Å². The first-order valence-electron chi connectivity index (χ1n) is 15.2. The number of carbonyl (C=O) groups excluding carboxylic acids is 1. The number of hydrogen-bond acceptors (Lipinski definition) is 7. The van der Waals surface area contributed by atoms with Crippen LogP contribution in [0.4, 0.5) is 11.4 Å². The Labute approximate surface area is 245 Å². The summed E-state index contributed by atoms with van der Waals surface area (Å²) >= 11 is 0. The van der Waals surface area contributed by atoms with Crippen LogP contribution in [0, 0.1) is 5.92 Å². The Hall–Kier alpha value is -2.27. The number of hydrogen-bond donors (Lipinski definition) is 4. The summed E-state index contributed by atoms with van der Waals surface area (Å²) in [5.74, 6) is 1.06.